The van der Waals surface area contributed by atoms with Crippen LogP contribution in [0.1, 0.15) is 12.0 Å². The highest BCUT2D eigenvalue weighted by Gasteiger charge is 2.29. The van der Waals surface area contributed by atoms with E-state index in [1.54, 1.807) is 0 Å². The first-order valence-corrected chi connectivity index (χ1v) is 5.96. The SMILES string of the molecule is NCCCc1ccccc1.O=C(O)C(O)C(O)C(=O)O. The van der Waals surface area contributed by atoms with Gasteiger partial charge in [0.15, 0.2) is 12.2 Å². The van der Waals surface area contributed by atoms with E-state index in [-0.39, 0.29) is 0 Å². The third-order valence-electron chi connectivity index (χ3n) is 2.32. The van der Waals surface area contributed by atoms with Crippen molar-refractivity contribution in [2.75, 3.05) is 6.54 Å². The van der Waals surface area contributed by atoms with Gasteiger partial charge in [-0.25, -0.2) is 9.59 Å². The predicted octanol–water partition coefficient (Wildman–Crippen LogP) is -0.545. The van der Waals surface area contributed by atoms with E-state index in [2.05, 4.69) is 24.3 Å². The molecule has 0 heterocycles. The Morgan fingerprint density at radius 3 is 1.80 bits per heavy atom. The molecule has 0 aliphatic rings. The molecule has 1 aromatic rings. The quantitative estimate of drug-likeness (QED) is 0.472. The third kappa shape index (κ3) is 7.47. The maximum Gasteiger partial charge on any atom is 0.335 e. The van der Waals surface area contributed by atoms with Crippen molar-refractivity contribution in [3.05, 3.63) is 35.9 Å². The molecule has 0 aliphatic heterocycles. The van der Waals surface area contributed by atoms with Gasteiger partial charge < -0.3 is 26.2 Å². The van der Waals surface area contributed by atoms with Crippen LogP contribution in [0.5, 0.6) is 0 Å². The normalized spacial score (nSPS) is 12.8. The summed E-state index contributed by atoms with van der Waals surface area (Å²) in [7, 11) is 0. The summed E-state index contributed by atoms with van der Waals surface area (Å²) >= 11 is 0. The molecule has 6 N–H and O–H groups in total. The van der Waals surface area contributed by atoms with Gasteiger partial charge in [-0.05, 0) is 24.9 Å². The van der Waals surface area contributed by atoms with Crippen LogP contribution in [0.25, 0.3) is 0 Å². The fraction of sp³-hybridized carbons (Fsp3) is 0.385. The average molecular weight is 285 g/mol. The predicted molar refractivity (Wildman–Crippen MR) is 71.1 cm³/mol. The lowest BCUT2D eigenvalue weighted by molar-refractivity contribution is -0.165. The first kappa shape index (κ1) is 18.0. The van der Waals surface area contributed by atoms with Gasteiger partial charge in [-0.2, -0.15) is 0 Å². The lowest BCUT2D eigenvalue weighted by Crippen LogP contribution is -2.39. The Hall–Kier alpha value is -1.96. The Kier molecular flexibility index (Phi) is 8.93. The maximum absolute atomic E-state index is 9.77. The Morgan fingerprint density at radius 2 is 1.45 bits per heavy atom. The fourth-order valence-electron chi connectivity index (χ4n) is 1.22. The van der Waals surface area contributed by atoms with Crippen LogP contribution in [-0.2, 0) is 16.0 Å². The summed E-state index contributed by atoms with van der Waals surface area (Å²) in [5, 5.41) is 32.5. The zero-order chi connectivity index (χ0) is 15.5. The van der Waals surface area contributed by atoms with Crippen molar-refractivity contribution in [2.45, 2.75) is 25.0 Å². The number of aliphatic hydroxyl groups excluding tert-OH is 2. The minimum atomic E-state index is -2.27. The molecule has 7 nitrogen and oxygen atoms in total. The lowest BCUT2D eigenvalue weighted by atomic mass is 10.1. The maximum atomic E-state index is 9.77. The summed E-state index contributed by atoms with van der Waals surface area (Å²) in [6, 6.07) is 10.4. The van der Waals surface area contributed by atoms with Gasteiger partial charge in [0.2, 0.25) is 0 Å². The van der Waals surface area contributed by atoms with Crippen LogP contribution in [0.15, 0.2) is 30.3 Å². The molecule has 0 amide bonds. The Bertz CT molecular complexity index is 391. The number of rotatable bonds is 6. The van der Waals surface area contributed by atoms with E-state index in [9.17, 15) is 9.59 Å². The van der Waals surface area contributed by atoms with E-state index >= 15 is 0 Å². The molecule has 7 heteroatoms. The molecule has 20 heavy (non-hydrogen) atoms. The summed E-state index contributed by atoms with van der Waals surface area (Å²) in [5.41, 5.74) is 6.76. The number of hydrogen-bond acceptors (Lipinski definition) is 5. The van der Waals surface area contributed by atoms with Gasteiger partial charge in [0, 0.05) is 0 Å². The van der Waals surface area contributed by atoms with Gasteiger partial charge in [-0.15, -0.1) is 0 Å². The molecule has 0 saturated carbocycles. The molecule has 0 aliphatic carbocycles. The highest BCUT2D eigenvalue weighted by molar-refractivity contribution is 5.83. The summed E-state index contributed by atoms with van der Waals surface area (Å²) in [6.45, 7) is 0.787. The number of benzene rings is 1. The molecule has 0 spiro atoms. The fourth-order valence-corrected chi connectivity index (χ4v) is 1.22. The minimum Gasteiger partial charge on any atom is -0.479 e. The van der Waals surface area contributed by atoms with Crippen molar-refractivity contribution >= 4 is 11.9 Å². The largest absolute Gasteiger partial charge is 0.479 e. The molecule has 2 unspecified atom stereocenters. The smallest absolute Gasteiger partial charge is 0.335 e. The van der Waals surface area contributed by atoms with E-state index in [0.717, 1.165) is 19.4 Å². The van der Waals surface area contributed by atoms with Crippen LogP contribution in [0.3, 0.4) is 0 Å². The monoisotopic (exact) mass is 285 g/mol. The van der Waals surface area contributed by atoms with Gasteiger partial charge in [0.1, 0.15) is 0 Å². The average Bonchev–Trinajstić information content (AvgIpc) is 2.45. The number of carboxylic acids is 2. The number of aliphatic hydroxyl groups is 2. The molecule has 0 fully saturated rings. The molecule has 112 valence electrons. The van der Waals surface area contributed by atoms with Crippen molar-refractivity contribution in [3.63, 3.8) is 0 Å². The second kappa shape index (κ2) is 9.90. The van der Waals surface area contributed by atoms with Crippen molar-refractivity contribution in [1.29, 1.82) is 0 Å². The van der Waals surface area contributed by atoms with E-state index < -0.39 is 24.1 Å². The molecular formula is C13H19NO6. The number of aryl methyl sites for hydroxylation is 1. The van der Waals surface area contributed by atoms with Crippen LogP contribution in [0.2, 0.25) is 0 Å². The zero-order valence-corrected chi connectivity index (χ0v) is 10.8. The molecule has 1 aromatic carbocycles. The number of carboxylic acid groups (broad SMARTS) is 2. The second-order valence-electron chi connectivity index (χ2n) is 3.94. The Morgan fingerprint density at radius 1 is 1.00 bits per heavy atom. The zero-order valence-electron chi connectivity index (χ0n) is 10.8. The first-order valence-electron chi connectivity index (χ1n) is 5.96. The highest BCUT2D eigenvalue weighted by atomic mass is 16.4. The van der Waals surface area contributed by atoms with Crippen LogP contribution < -0.4 is 5.73 Å². The van der Waals surface area contributed by atoms with Crippen molar-refractivity contribution < 1.29 is 30.0 Å². The van der Waals surface area contributed by atoms with Gasteiger partial charge in [-0.1, -0.05) is 30.3 Å². The number of carbonyl (C=O) groups is 2. The Labute approximate surface area is 116 Å². The summed E-state index contributed by atoms with van der Waals surface area (Å²) in [4.78, 5) is 19.5. The molecule has 0 bridgehead atoms. The standard InChI is InChI=1S/C9H13N.C4H6O6/c10-8-4-7-9-5-2-1-3-6-9;5-1(3(7)8)2(6)4(9)10/h1-3,5-6H,4,7-8,10H2;1-2,5-6H,(H,7,8)(H,9,10). The number of aliphatic carboxylic acids is 2. The topological polar surface area (TPSA) is 141 Å². The van der Waals surface area contributed by atoms with Crippen LogP contribution in [0.4, 0.5) is 0 Å². The third-order valence-corrected chi connectivity index (χ3v) is 2.32. The van der Waals surface area contributed by atoms with E-state index in [4.69, 9.17) is 26.2 Å². The number of nitrogens with two attached hydrogens (primary N) is 1. The van der Waals surface area contributed by atoms with Crippen molar-refractivity contribution in [1.82, 2.24) is 0 Å². The molecule has 1 rings (SSSR count). The molecule has 0 radical (unpaired) electrons. The summed E-state index contributed by atoms with van der Waals surface area (Å²) < 4.78 is 0. The summed E-state index contributed by atoms with van der Waals surface area (Å²) in [5.74, 6) is -3.54. The van der Waals surface area contributed by atoms with Crippen molar-refractivity contribution in [2.24, 2.45) is 5.73 Å². The van der Waals surface area contributed by atoms with E-state index in [0.29, 0.717) is 0 Å². The Balaban J connectivity index is 0.000000361. The van der Waals surface area contributed by atoms with Crippen LogP contribution >= 0.6 is 0 Å². The van der Waals surface area contributed by atoms with Gasteiger partial charge >= 0.3 is 11.9 Å². The summed E-state index contributed by atoms with van der Waals surface area (Å²) in [6.07, 6.45) is -2.34. The lowest BCUT2D eigenvalue weighted by Gasteiger charge is -2.07. The first-order chi connectivity index (χ1) is 9.40. The van der Waals surface area contributed by atoms with Crippen LogP contribution in [0, 0.1) is 0 Å². The van der Waals surface area contributed by atoms with E-state index in [1.165, 1.54) is 5.56 Å². The van der Waals surface area contributed by atoms with Gasteiger partial charge in [0.05, 0.1) is 0 Å². The van der Waals surface area contributed by atoms with Gasteiger partial charge in [0.25, 0.3) is 0 Å². The minimum absolute atomic E-state index is 0.787. The molecular weight excluding hydrogens is 266 g/mol. The van der Waals surface area contributed by atoms with Gasteiger partial charge in [-0.3, -0.25) is 0 Å². The molecule has 0 aromatic heterocycles. The van der Waals surface area contributed by atoms with Crippen LogP contribution in [-0.4, -0.2) is 51.1 Å². The second-order valence-corrected chi connectivity index (χ2v) is 3.94. The van der Waals surface area contributed by atoms with Crippen molar-refractivity contribution in [3.8, 4) is 0 Å². The number of hydrogen-bond donors (Lipinski definition) is 5. The van der Waals surface area contributed by atoms with E-state index in [1.807, 2.05) is 6.07 Å². The highest BCUT2D eigenvalue weighted by Crippen LogP contribution is 2.00. The molecule has 0 saturated heterocycles. The molecule has 2 atom stereocenters.